The standard InChI is InChI=1S/C11H8IN3O2S/c1-2-17-11(16)9-7-5(10(12)13-9)3-4-6-8(7)15-18-14-6/h3-4,14H,2H2,1H3. The fourth-order valence-corrected chi connectivity index (χ4v) is 3.14. The predicted octanol–water partition coefficient (Wildman–Crippen LogP) is 2.95. The molecule has 0 aliphatic rings. The number of nitrogens with zero attached hydrogens (tertiary/aromatic N) is 2. The van der Waals surface area contributed by atoms with Gasteiger partial charge in [0.15, 0.2) is 5.69 Å². The average Bonchev–Trinajstić information content (AvgIpc) is 2.93. The van der Waals surface area contributed by atoms with Crippen LogP contribution in [0.4, 0.5) is 0 Å². The maximum atomic E-state index is 11.9. The molecular formula is C11H8IN3O2S. The molecule has 3 rings (SSSR count). The van der Waals surface area contributed by atoms with E-state index in [0.29, 0.717) is 12.3 Å². The fourth-order valence-electron chi connectivity index (χ4n) is 1.86. The normalized spacial score (nSPS) is 11.2. The number of halogens is 1. The summed E-state index contributed by atoms with van der Waals surface area (Å²) >= 11 is 3.37. The van der Waals surface area contributed by atoms with Crippen molar-refractivity contribution in [2.75, 3.05) is 6.61 Å². The van der Waals surface area contributed by atoms with Gasteiger partial charge in [0.25, 0.3) is 0 Å². The van der Waals surface area contributed by atoms with E-state index in [4.69, 9.17) is 4.74 Å². The predicted molar refractivity (Wildman–Crippen MR) is 77.9 cm³/mol. The van der Waals surface area contributed by atoms with Crippen molar-refractivity contribution in [1.29, 1.82) is 0 Å². The monoisotopic (exact) mass is 373 g/mol. The number of aromatic nitrogens is 3. The van der Waals surface area contributed by atoms with Gasteiger partial charge in [-0.15, -0.1) is 0 Å². The van der Waals surface area contributed by atoms with Crippen molar-refractivity contribution >= 4 is 62.1 Å². The van der Waals surface area contributed by atoms with Gasteiger partial charge >= 0.3 is 5.97 Å². The van der Waals surface area contributed by atoms with E-state index in [-0.39, 0.29) is 0 Å². The van der Waals surface area contributed by atoms with Gasteiger partial charge in [0.1, 0.15) is 9.22 Å². The number of carbonyl (C=O) groups is 1. The highest BCUT2D eigenvalue weighted by atomic mass is 127. The molecule has 0 radical (unpaired) electrons. The first kappa shape index (κ1) is 11.8. The van der Waals surface area contributed by atoms with Crippen molar-refractivity contribution in [1.82, 2.24) is 13.7 Å². The van der Waals surface area contributed by atoms with Crippen molar-refractivity contribution in [3.8, 4) is 0 Å². The lowest BCUT2D eigenvalue weighted by molar-refractivity contribution is 0.0522. The lowest BCUT2D eigenvalue weighted by Gasteiger charge is -1.99. The highest BCUT2D eigenvalue weighted by molar-refractivity contribution is 14.1. The number of esters is 1. The number of hydrogen-bond acceptors (Lipinski definition) is 5. The van der Waals surface area contributed by atoms with Gasteiger partial charge in [0, 0.05) is 22.5 Å². The van der Waals surface area contributed by atoms with E-state index >= 15 is 0 Å². The van der Waals surface area contributed by atoms with Gasteiger partial charge in [-0.25, -0.2) is 9.78 Å². The lowest BCUT2D eigenvalue weighted by atomic mass is 10.1. The third-order valence-electron chi connectivity index (χ3n) is 2.61. The Hall–Kier alpha value is -1.22. The first-order valence-corrected chi connectivity index (χ1v) is 7.16. The minimum absolute atomic E-state index is 0.336. The Bertz CT molecular complexity index is 749. The van der Waals surface area contributed by atoms with Crippen LogP contribution in [-0.4, -0.2) is 26.3 Å². The molecule has 0 spiro atoms. The number of hydrogen-bond donors (Lipinski definition) is 1. The number of nitrogens with one attached hydrogen (secondary N) is 1. The van der Waals surface area contributed by atoms with Gasteiger partial charge in [-0.2, -0.15) is 4.37 Å². The minimum atomic E-state index is -0.397. The number of ether oxygens (including phenoxy) is 1. The summed E-state index contributed by atoms with van der Waals surface area (Å²) in [7, 11) is 0. The number of H-pyrrole nitrogens is 1. The molecule has 0 aliphatic carbocycles. The van der Waals surface area contributed by atoms with Crippen LogP contribution in [0, 0.1) is 3.70 Å². The zero-order chi connectivity index (χ0) is 12.7. The molecule has 18 heavy (non-hydrogen) atoms. The fraction of sp³-hybridized carbons (Fsp3) is 0.182. The summed E-state index contributed by atoms with van der Waals surface area (Å²) in [5, 5.41) is 1.71. The summed E-state index contributed by atoms with van der Waals surface area (Å²) in [6, 6.07) is 3.89. The van der Waals surface area contributed by atoms with E-state index in [2.05, 4.69) is 36.3 Å². The van der Waals surface area contributed by atoms with E-state index < -0.39 is 5.97 Å². The third-order valence-corrected chi connectivity index (χ3v) is 4.02. The number of aromatic amines is 1. The van der Waals surface area contributed by atoms with E-state index in [1.807, 2.05) is 12.1 Å². The second-order valence-electron chi connectivity index (χ2n) is 3.64. The Morgan fingerprint density at radius 1 is 1.56 bits per heavy atom. The molecule has 3 aromatic rings. The van der Waals surface area contributed by atoms with E-state index in [1.165, 1.54) is 11.7 Å². The molecule has 0 aliphatic heterocycles. The van der Waals surface area contributed by atoms with Gasteiger partial charge in [-0.05, 0) is 41.6 Å². The third kappa shape index (κ3) is 1.69. The quantitative estimate of drug-likeness (QED) is 0.554. The first-order chi connectivity index (χ1) is 8.72. The van der Waals surface area contributed by atoms with Crippen LogP contribution in [0.15, 0.2) is 12.1 Å². The van der Waals surface area contributed by atoms with Crippen LogP contribution in [0.2, 0.25) is 0 Å². The Kier molecular flexibility index (Phi) is 2.94. The molecule has 7 heteroatoms. The van der Waals surface area contributed by atoms with Crippen LogP contribution < -0.4 is 0 Å². The number of benzene rings is 1. The molecule has 0 bridgehead atoms. The molecule has 1 aromatic carbocycles. The van der Waals surface area contributed by atoms with Crippen molar-refractivity contribution in [2.24, 2.45) is 0 Å². The van der Waals surface area contributed by atoms with Gasteiger partial charge < -0.3 is 4.74 Å². The van der Waals surface area contributed by atoms with Gasteiger partial charge in [0.05, 0.1) is 12.1 Å². The Morgan fingerprint density at radius 3 is 3.17 bits per heavy atom. The highest BCUT2D eigenvalue weighted by Gasteiger charge is 2.21. The zero-order valence-electron chi connectivity index (χ0n) is 9.36. The molecule has 0 amide bonds. The van der Waals surface area contributed by atoms with Crippen molar-refractivity contribution < 1.29 is 9.53 Å². The smallest absolute Gasteiger partial charge is 0.357 e. The van der Waals surface area contributed by atoms with E-state index in [0.717, 1.165) is 25.5 Å². The first-order valence-electron chi connectivity index (χ1n) is 5.31. The number of fused-ring (bicyclic) bond motifs is 3. The van der Waals surface area contributed by atoms with Crippen molar-refractivity contribution in [3.05, 3.63) is 21.5 Å². The Balaban J connectivity index is 2.37. The summed E-state index contributed by atoms with van der Waals surface area (Å²) in [5.74, 6) is -0.397. The van der Waals surface area contributed by atoms with Gasteiger partial charge in [-0.1, -0.05) is 0 Å². The zero-order valence-corrected chi connectivity index (χ0v) is 12.3. The van der Waals surface area contributed by atoms with E-state index in [9.17, 15) is 4.79 Å². The second-order valence-corrected chi connectivity index (χ2v) is 5.23. The number of rotatable bonds is 2. The molecular weight excluding hydrogens is 365 g/mol. The average molecular weight is 373 g/mol. The minimum Gasteiger partial charge on any atom is -0.461 e. The molecule has 0 atom stereocenters. The molecule has 2 heterocycles. The van der Waals surface area contributed by atoms with E-state index in [1.54, 1.807) is 6.92 Å². The van der Waals surface area contributed by atoms with Gasteiger partial charge in [-0.3, -0.25) is 4.37 Å². The summed E-state index contributed by atoms with van der Waals surface area (Å²) in [4.78, 5) is 16.2. The summed E-state index contributed by atoms with van der Waals surface area (Å²) < 4.78 is 13.2. The van der Waals surface area contributed by atoms with Crippen LogP contribution in [0.5, 0.6) is 0 Å². The summed E-state index contributed by atoms with van der Waals surface area (Å²) in [6.45, 7) is 2.11. The number of carbonyl (C=O) groups excluding carboxylic acids is 1. The van der Waals surface area contributed by atoms with Gasteiger partial charge in [0.2, 0.25) is 0 Å². The van der Waals surface area contributed by atoms with Crippen molar-refractivity contribution in [3.63, 3.8) is 0 Å². The van der Waals surface area contributed by atoms with Crippen LogP contribution in [0.25, 0.3) is 21.8 Å². The summed E-state index contributed by atoms with van der Waals surface area (Å²) in [6.07, 6.45) is 0. The molecule has 0 saturated carbocycles. The molecule has 92 valence electrons. The Morgan fingerprint density at radius 2 is 2.39 bits per heavy atom. The molecule has 2 aromatic heterocycles. The van der Waals surface area contributed by atoms with Crippen LogP contribution in [-0.2, 0) is 4.74 Å². The SMILES string of the molecule is CCOC(=O)c1nc(I)c2ccc3[nH]snc3c12. The topological polar surface area (TPSA) is 67.9 Å². The van der Waals surface area contributed by atoms with Crippen LogP contribution >= 0.6 is 34.3 Å². The second kappa shape index (κ2) is 4.47. The summed E-state index contributed by atoms with van der Waals surface area (Å²) in [5.41, 5.74) is 2.03. The van der Waals surface area contributed by atoms with Crippen LogP contribution in [0.3, 0.4) is 0 Å². The maximum absolute atomic E-state index is 11.9. The molecule has 0 fully saturated rings. The lowest BCUT2D eigenvalue weighted by Crippen LogP contribution is -2.05. The largest absolute Gasteiger partial charge is 0.461 e. The molecule has 0 saturated heterocycles. The van der Waals surface area contributed by atoms with Crippen molar-refractivity contribution in [2.45, 2.75) is 6.92 Å². The molecule has 0 unspecified atom stereocenters. The van der Waals surface area contributed by atoms with Crippen LogP contribution in [0.1, 0.15) is 17.4 Å². The Labute approximate surface area is 120 Å². The molecule has 1 N–H and O–H groups in total. The highest BCUT2D eigenvalue weighted by Crippen LogP contribution is 2.30. The maximum Gasteiger partial charge on any atom is 0.357 e. The molecule has 5 nitrogen and oxygen atoms in total.